The average Bonchev–Trinajstić information content (AvgIpc) is 3.04. The first-order valence-corrected chi connectivity index (χ1v) is 7.82. The minimum absolute atomic E-state index is 0.000485. The van der Waals surface area contributed by atoms with Crippen molar-refractivity contribution < 1.29 is 19.7 Å². The van der Waals surface area contributed by atoms with Crippen molar-refractivity contribution >= 4 is 33.9 Å². The number of nitro groups is 2. The van der Waals surface area contributed by atoms with Crippen LogP contribution in [0, 0.1) is 20.2 Å². The molecule has 2 aromatic carbocycles. The van der Waals surface area contributed by atoms with Crippen LogP contribution < -0.4 is 10.4 Å². The number of para-hydroxylation sites is 1. The molecule has 0 radical (unpaired) electrons. The number of benzene rings is 2. The quantitative estimate of drug-likeness (QED) is 0.475. The van der Waals surface area contributed by atoms with Crippen molar-refractivity contribution in [1.29, 1.82) is 0 Å². The third kappa shape index (κ3) is 3.68. The number of fused-ring (bicyclic) bond motifs is 1. The summed E-state index contributed by atoms with van der Waals surface area (Å²) in [5, 5.41) is 37.0. The number of carbonyl (C=O) groups excluding carboxylic acids is 1. The van der Waals surface area contributed by atoms with E-state index in [1.807, 2.05) is 24.3 Å². The van der Waals surface area contributed by atoms with E-state index in [0.29, 0.717) is 5.56 Å². The maximum atomic E-state index is 11.6. The highest BCUT2D eigenvalue weighted by atomic mass is 16.6. The lowest BCUT2D eigenvalue weighted by atomic mass is 10.0. The van der Waals surface area contributed by atoms with Gasteiger partial charge in [-0.25, -0.2) is 0 Å². The van der Waals surface area contributed by atoms with Crippen molar-refractivity contribution in [2.24, 2.45) is 0 Å². The Bertz CT molecular complexity index is 1040. The van der Waals surface area contributed by atoms with E-state index in [4.69, 9.17) is 0 Å². The number of rotatable bonds is 7. The molecule has 2 N–H and O–H groups in total. The second-order valence-corrected chi connectivity index (χ2v) is 5.80. The third-order valence-corrected chi connectivity index (χ3v) is 4.10. The van der Waals surface area contributed by atoms with Crippen molar-refractivity contribution in [3.05, 3.63) is 74.5 Å². The second kappa shape index (κ2) is 7.12. The largest absolute Gasteiger partial charge is 0.548 e. The molecule has 3 rings (SSSR count). The van der Waals surface area contributed by atoms with Crippen LogP contribution >= 0.6 is 0 Å². The molecule has 0 aliphatic rings. The van der Waals surface area contributed by atoms with Gasteiger partial charge in [-0.1, -0.05) is 18.2 Å². The zero-order chi connectivity index (χ0) is 19.6. The van der Waals surface area contributed by atoms with Crippen LogP contribution in [-0.2, 0) is 11.2 Å². The predicted molar refractivity (Wildman–Crippen MR) is 94.2 cm³/mol. The molecule has 0 fully saturated rings. The first-order chi connectivity index (χ1) is 12.9. The summed E-state index contributed by atoms with van der Waals surface area (Å²) in [4.78, 5) is 35.0. The molecule has 27 heavy (non-hydrogen) atoms. The van der Waals surface area contributed by atoms with Crippen molar-refractivity contribution in [3.63, 3.8) is 0 Å². The first-order valence-electron chi connectivity index (χ1n) is 7.82. The summed E-state index contributed by atoms with van der Waals surface area (Å²) in [7, 11) is 0. The van der Waals surface area contributed by atoms with Crippen LogP contribution in [-0.4, -0.2) is 26.8 Å². The molecule has 0 amide bonds. The Balaban J connectivity index is 1.92. The van der Waals surface area contributed by atoms with E-state index >= 15 is 0 Å². The molecule has 0 saturated carbocycles. The molecule has 1 atom stereocenters. The molecule has 10 nitrogen and oxygen atoms in total. The predicted octanol–water partition coefficient (Wildman–Crippen LogP) is 1.76. The Morgan fingerprint density at radius 2 is 1.85 bits per heavy atom. The molecule has 1 heterocycles. The van der Waals surface area contributed by atoms with E-state index < -0.39 is 33.2 Å². The van der Waals surface area contributed by atoms with Crippen molar-refractivity contribution in [1.82, 2.24) is 4.98 Å². The highest BCUT2D eigenvalue weighted by Crippen LogP contribution is 2.30. The Morgan fingerprint density at radius 1 is 1.11 bits per heavy atom. The lowest BCUT2D eigenvalue weighted by Crippen LogP contribution is -2.42. The van der Waals surface area contributed by atoms with Gasteiger partial charge in [0.1, 0.15) is 5.69 Å². The van der Waals surface area contributed by atoms with E-state index in [1.165, 1.54) is 0 Å². The Morgan fingerprint density at radius 3 is 2.52 bits per heavy atom. The highest BCUT2D eigenvalue weighted by molar-refractivity contribution is 5.85. The molecule has 1 aromatic heterocycles. The van der Waals surface area contributed by atoms with Gasteiger partial charge >= 0.3 is 0 Å². The van der Waals surface area contributed by atoms with Crippen LogP contribution in [0.1, 0.15) is 5.56 Å². The van der Waals surface area contributed by atoms with E-state index in [9.17, 15) is 30.1 Å². The van der Waals surface area contributed by atoms with Gasteiger partial charge in [-0.3, -0.25) is 20.2 Å². The number of nitro benzene ring substituents is 2. The molecule has 0 aliphatic carbocycles. The van der Waals surface area contributed by atoms with E-state index in [0.717, 1.165) is 29.1 Å². The van der Waals surface area contributed by atoms with Gasteiger partial charge in [0.25, 0.3) is 11.4 Å². The Hall–Kier alpha value is -3.95. The number of carbonyl (C=O) groups is 1. The lowest BCUT2D eigenvalue weighted by Gasteiger charge is -2.20. The normalized spacial score (nSPS) is 11.9. The number of hydrogen-bond donors (Lipinski definition) is 2. The van der Waals surface area contributed by atoms with E-state index in [-0.39, 0.29) is 12.1 Å². The van der Waals surface area contributed by atoms with Gasteiger partial charge in [-0.2, -0.15) is 0 Å². The number of aromatic amines is 1. The maximum absolute atomic E-state index is 11.6. The molecule has 0 bridgehead atoms. The van der Waals surface area contributed by atoms with Gasteiger partial charge in [0.2, 0.25) is 0 Å². The monoisotopic (exact) mass is 369 g/mol. The molecule has 138 valence electrons. The number of aromatic nitrogens is 1. The van der Waals surface area contributed by atoms with Gasteiger partial charge in [0.05, 0.1) is 27.9 Å². The Labute approximate surface area is 151 Å². The van der Waals surface area contributed by atoms with Crippen LogP contribution in [0.2, 0.25) is 0 Å². The summed E-state index contributed by atoms with van der Waals surface area (Å²) in [6, 6.07) is 8.97. The van der Waals surface area contributed by atoms with Crippen molar-refractivity contribution in [2.75, 3.05) is 5.32 Å². The van der Waals surface area contributed by atoms with Crippen LogP contribution in [0.5, 0.6) is 0 Å². The molecule has 0 saturated heterocycles. The number of carboxylic acids is 1. The molecule has 0 unspecified atom stereocenters. The summed E-state index contributed by atoms with van der Waals surface area (Å²) >= 11 is 0. The first kappa shape index (κ1) is 17.9. The average molecular weight is 369 g/mol. The van der Waals surface area contributed by atoms with Gasteiger partial charge in [-0.05, 0) is 17.7 Å². The summed E-state index contributed by atoms with van der Waals surface area (Å²) < 4.78 is 0. The summed E-state index contributed by atoms with van der Waals surface area (Å²) in [6.07, 6.45) is 1.66. The van der Waals surface area contributed by atoms with E-state index in [2.05, 4.69) is 10.3 Å². The van der Waals surface area contributed by atoms with Gasteiger partial charge in [-0.15, -0.1) is 0 Å². The Kier molecular flexibility index (Phi) is 4.71. The molecular weight excluding hydrogens is 356 g/mol. The SMILES string of the molecule is O=C([O-])[C@@H](Cc1c[nH]c2ccccc12)Nc1ccc([N+](=O)[O-])cc1[N+](=O)[O-]. The van der Waals surface area contributed by atoms with Crippen molar-refractivity contribution in [3.8, 4) is 0 Å². The number of H-pyrrole nitrogens is 1. The fourth-order valence-corrected chi connectivity index (χ4v) is 2.81. The third-order valence-electron chi connectivity index (χ3n) is 4.10. The van der Waals surface area contributed by atoms with E-state index in [1.54, 1.807) is 6.20 Å². The van der Waals surface area contributed by atoms with Gasteiger partial charge in [0, 0.05) is 29.6 Å². The fraction of sp³-hybridized carbons (Fsp3) is 0.118. The number of hydrogen-bond acceptors (Lipinski definition) is 7. The fourth-order valence-electron chi connectivity index (χ4n) is 2.81. The number of anilines is 1. The number of aliphatic carboxylic acids is 1. The minimum atomic E-state index is -1.45. The zero-order valence-electron chi connectivity index (χ0n) is 13.7. The summed E-state index contributed by atoms with van der Waals surface area (Å²) in [6.45, 7) is 0. The topological polar surface area (TPSA) is 154 Å². The molecule has 0 spiro atoms. The maximum Gasteiger partial charge on any atom is 0.299 e. The van der Waals surface area contributed by atoms with Crippen molar-refractivity contribution in [2.45, 2.75) is 12.5 Å². The lowest BCUT2D eigenvalue weighted by molar-refractivity contribution is -0.393. The number of nitrogens with one attached hydrogen (secondary N) is 2. The molecule has 3 aromatic rings. The van der Waals surface area contributed by atoms with Crippen LogP contribution in [0.15, 0.2) is 48.7 Å². The van der Waals surface area contributed by atoms with Gasteiger partial charge in [0.15, 0.2) is 0 Å². The molecular formula is C17H13N4O6-. The number of carboxylic acid groups (broad SMARTS) is 1. The van der Waals surface area contributed by atoms with Gasteiger partial charge < -0.3 is 20.2 Å². The number of non-ortho nitro benzene ring substituents is 1. The standard InChI is InChI=1S/C17H14N4O6/c22-17(23)15(7-10-9-18-13-4-2-1-3-12(10)13)19-14-6-5-11(20(24)25)8-16(14)21(26)27/h1-6,8-9,15,18-19H,7H2,(H,22,23)/p-1/t15-/m1/s1. The van der Waals surface area contributed by atoms with Crippen LogP contribution in [0.3, 0.4) is 0 Å². The summed E-state index contributed by atoms with van der Waals surface area (Å²) in [5.41, 5.74) is 0.325. The highest BCUT2D eigenvalue weighted by Gasteiger charge is 2.22. The van der Waals surface area contributed by atoms with Crippen LogP contribution in [0.4, 0.5) is 17.1 Å². The minimum Gasteiger partial charge on any atom is -0.548 e. The number of nitrogens with zero attached hydrogens (tertiary/aromatic N) is 2. The second-order valence-electron chi connectivity index (χ2n) is 5.80. The van der Waals surface area contributed by atoms with Crippen LogP contribution in [0.25, 0.3) is 10.9 Å². The smallest absolute Gasteiger partial charge is 0.299 e. The molecule has 0 aliphatic heterocycles. The molecule has 10 heteroatoms. The summed E-state index contributed by atoms with van der Waals surface area (Å²) in [5.74, 6) is -1.45. The zero-order valence-corrected chi connectivity index (χ0v) is 13.7.